The average molecular weight is 215 g/mol. The molecule has 1 saturated heterocycles. The van der Waals surface area contributed by atoms with Crippen molar-refractivity contribution < 1.29 is 4.42 Å². The molecule has 1 atom stereocenters. The minimum Gasteiger partial charge on any atom is -0.464 e. The number of piperidine rings is 1. The largest absolute Gasteiger partial charge is 0.464 e. The lowest BCUT2D eigenvalue weighted by atomic mass is 9.97. The van der Waals surface area contributed by atoms with Crippen molar-refractivity contribution >= 4 is 11.0 Å². The number of hydrogen-bond donors (Lipinski definition) is 1. The Morgan fingerprint density at radius 1 is 1.25 bits per heavy atom. The molecule has 0 aliphatic carbocycles. The van der Waals surface area contributed by atoms with Crippen molar-refractivity contribution in [2.45, 2.75) is 31.7 Å². The number of benzene rings is 1. The monoisotopic (exact) mass is 215 g/mol. The van der Waals surface area contributed by atoms with E-state index in [-0.39, 0.29) is 0 Å². The van der Waals surface area contributed by atoms with E-state index in [2.05, 4.69) is 23.5 Å². The third kappa shape index (κ3) is 1.98. The van der Waals surface area contributed by atoms with Crippen LogP contribution >= 0.6 is 0 Å². The van der Waals surface area contributed by atoms with Crippen LogP contribution in [-0.2, 0) is 6.42 Å². The van der Waals surface area contributed by atoms with E-state index in [0.29, 0.717) is 6.04 Å². The molecule has 2 aromatic rings. The summed E-state index contributed by atoms with van der Waals surface area (Å²) in [6.07, 6.45) is 6.90. The van der Waals surface area contributed by atoms with Gasteiger partial charge in [0, 0.05) is 11.4 Å². The molecule has 1 aromatic heterocycles. The Hall–Kier alpha value is -1.28. The Labute approximate surface area is 95.6 Å². The Bertz CT molecular complexity index is 468. The number of rotatable bonds is 2. The van der Waals surface area contributed by atoms with Gasteiger partial charge in [-0.05, 0) is 49.6 Å². The third-order valence-electron chi connectivity index (χ3n) is 3.41. The minimum atomic E-state index is 0.665. The Morgan fingerprint density at radius 2 is 2.25 bits per heavy atom. The lowest BCUT2D eigenvalue weighted by molar-refractivity contribution is 0.399. The van der Waals surface area contributed by atoms with Crippen molar-refractivity contribution in [3.05, 3.63) is 36.1 Å². The van der Waals surface area contributed by atoms with Gasteiger partial charge in [-0.2, -0.15) is 0 Å². The van der Waals surface area contributed by atoms with Crippen LogP contribution in [0.3, 0.4) is 0 Å². The summed E-state index contributed by atoms with van der Waals surface area (Å²) in [5, 5.41) is 4.80. The topological polar surface area (TPSA) is 25.2 Å². The highest BCUT2D eigenvalue weighted by atomic mass is 16.3. The van der Waals surface area contributed by atoms with Crippen molar-refractivity contribution in [3.8, 4) is 0 Å². The van der Waals surface area contributed by atoms with Crippen LogP contribution in [0.2, 0.25) is 0 Å². The van der Waals surface area contributed by atoms with E-state index in [0.717, 1.165) is 12.0 Å². The first-order chi connectivity index (χ1) is 7.92. The highest BCUT2D eigenvalue weighted by Gasteiger charge is 2.13. The molecule has 2 heterocycles. The van der Waals surface area contributed by atoms with Crippen LogP contribution in [-0.4, -0.2) is 12.6 Å². The molecule has 1 aromatic carbocycles. The highest BCUT2D eigenvalue weighted by molar-refractivity contribution is 5.77. The number of furan rings is 1. The van der Waals surface area contributed by atoms with Crippen LogP contribution in [0, 0.1) is 0 Å². The second-order valence-electron chi connectivity index (χ2n) is 4.64. The fourth-order valence-electron chi connectivity index (χ4n) is 2.53. The molecule has 0 bridgehead atoms. The van der Waals surface area contributed by atoms with E-state index >= 15 is 0 Å². The van der Waals surface area contributed by atoms with Gasteiger partial charge in [-0.25, -0.2) is 0 Å². The van der Waals surface area contributed by atoms with Crippen LogP contribution in [0.15, 0.2) is 34.9 Å². The van der Waals surface area contributed by atoms with E-state index in [1.807, 2.05) is 6.07 Å². The zero-order chi connectivity index (χ0) is 10.8. The quantitative estimate of drug-likeness (QED) is 0.832. The summed E-state index contributed by atoms with van der Waals surface area (Å²) >= 11 is 0. The van der Waals surface area contributed by atoms with Gasteiger partial charge in [-0.1, -0.05) is 12.5 Å². The molecule has 1 fully saturated rings. The predicted molar refractivity (Wildman–Crippen MR) is 65.6 cm³/mol. The van der Waals surface area contributed by atoms with Crippen molar-refractivity contribution in [2.75, 3.05) is 6.54 Å². The van der Waals surface area contributed by atoms with Gasteiger partial charge < -0.3 is 9.73 Å². The van der Waals surface area contributed by atoms with Gasteiger partial charge >= 0.3 is 0 Å². The summed E-state index contributed by atoms with van der Waals surface area (Å²) in [6.45, 7) is 1.18. The van der Waals surface area contributed by atoms with Gasteiger partial charge in [-0.15, -0.1) is 0 Å². The number of fused-ring (bicyclic) bond motifs is 1. The van der Waals surface area contributed by atoms with Crippen molar-refractivity contribution in [1.82, 2.24) is 5.32 Å². The van der Waals surface area contributed by atoms with E-state index < -0.39 is 0 Å². The molecule has 3 rings (SSSR count). The SMILES string of the molecule is c1cc2cc(CC3CCCCN3)ccc2o1. The maximum Gasteiger partial charge on any atom is 0.133 e. The van der Waals surface area contributed by atoms with Crippen molar-refractivity contribution in [1.29, 1.82) is 0 Å². The lowest BCUT2D eigenvalue weighted by Gasteiger charge is -2.23. The standard InChI is InChI=1S/C14H17NO/c1-2-7-15-13(3-1)10-11-4-5-14-12(9-11)6-8-16-14/h4-6,8-9,13,15H,1-3,7,10H2. The van der Waals surface area contributed by atoms with E-state index in [1.54, 1.807) is 6.26 Å². The fourth-order valence-corrected chi connectivity index (χ4v) is 2.53. The molecule has 0 spiro atoms. The summed E-state index contributed by atoms with van der Waals surface area (Å²) in [6, 6.07) is 9.20. The molecule has 2 nitrogen and oxygen atoms in total. The Morgan fingerprint density at radius 3 is 3.12 bits per heavy atom. The molecule has 0 radical (unpaired) electrons. The van der Waals surface area contributed by atoms with Crippen molar-refractivity contribution in [2.24, 2.45) is 0 Å². The maximum atomic E-state index is 5.35. The fraction of sp³-hybridized carbons (Fsp3) is 0.429. The first-order valence-electron chi connectivity index (χ1n) is 6.11. The molecule has 84 valence electrons. The lowest BCUT2D eigenvalue weighted by Crippen LogP contribution is -2.35. The van der Waals surface area contributed by atoms with E-state index in [4.69, 9.17) is 4.42 Å². The zero-order valence-electron chi connectivity index (χ0n) is 9.41. The third-order valence-corrected chi connectivity index (χ3v) is 3.41. The summed E-state index contributed by atoms with van der Waals surface area (Å²) < 4.78 is 5.35. The van der Waals surface area contributed by atoms with Crippen LogP contribution in [0.1, 0.15) is 24.8 Å². The zero-order valence-corrected chi connectivity index (χ0v) is 9.41. The maximum absolute atomic E-state index is 5.35. The van der Waals surface area contributed by atoms with E-state index in [1.165, 1.54) is 36.8 Å². The molecular formula is C14H17NO. The molecule has 0 saturated carbocycles. The van der Waals surface area contributed by atoms with Crippen LogP contribution in [0.5, 0.6) is 0 Å². The Kier molecular flexibility index (Phi) is 2.66. The summed E-state index contributed by atoms with van der Waals surface area (Å²) in [7, 11) is 0. The van der Waals surface area contributed by atoms with E-state index in [9.17, 15) is 0 Å². The normalized spacial score (nSPS) is 21.4. The molecule has 1 N–H and O–H groups in total. The van der Waals surface area contributed by atoms with Gasteiger partial charge in [-0.3, -0.25) is 0 Å². The molecule has 2 heteroatoms. The van der Waals surface area contributed by atoms with Gasteiger partial charge in [0.25, 0.3) is 0 Å². The second-order valence-corrected chi connectivity index (χ2v) is 4.64. The predicted octanol–water partition coefficient (Wildman–Crippen LogP) is 3.12. The number of hydrogen-bond acceptors (Lipinski definition) is 2. The Balaban J connectivity index is 1.77. The van der Waals surface area contributed by atoms with Gasteiger partial charge in [0.1, 0.15) is 5.58 Å². The molecule has 1 aliphatic heterocycles. The average Bonchev–Trinajstić information content (AvgIpc) is 2.77. The molecule has 0 amide bonds. The van der Waals surface area contributed by atoms with Crippen LogP contribution in [0.4, 0.5) is 0 Å². The molecule has 1 aliphatic rings. The molecular weight excluding hydrogens is 198 g/mol. The van der Waals surface area contributed by atoms with Crippen LogP contribution in [0.25, 0.3) is 11.0 Å². The smallest absolute Gasteiger partial charge is 0.133 e. The molecule has 1 unspecified atom stereocenters. The highest BCUT2D eigenvalue weighted by Crippen LogP contribution is 2.19. The second kappa shape index (κ2) is 4.30. The first-order valence-corrected chi connectivity index (χ1v) is 6.11. The van der Waals surface area contributed by atoms with Gasteiger partial charge in [0.05, 0.1) is 6.26 Å². The van der Waals surface area contributed by atoms with Crippen molar-refractivity contribution in [3.63, 3.8) is 0 Å². The summed E-state index contributed by atoms with van der Waals surface area (Å²) in [5.41, 5.74) is 2.40. The first kappa shape index (κ1) is 9.91. The van der Waals surface area contributed by atoms with Crippen LogP contribution < -0.4 is 5.32 Å². The minimum absolute atomic E-state index is 0.665. The summed E-state index contributed by atoms with van der Waals surface area (Å²) in [4.78, 5) is 0. The van der Waals surface area contributed by atoms with Gasteiger partial charge in [0.15, 0.2) is 0 Å². The molecule has 16 heavy (non-hydrogen) atoms. The van der Waals surface area contributed by atoms with Gasteiger partial charge in [0.2, 0.25) is 0 Å². The summed E-state index contributed by atoms with van der Waals surface area (Å²) in [5.74, 6) is 0. The number of nitrogens with one attached hydrogen (secondary N) is 1.